The Bertz CT molecular complexity index is 447. The Hall–Kier alpha value is -0.870. The highest BCUT2D eigenvalue weighted by molar-refractivity contribution is 9.10. The maximum atomic E-state index is 12.0. The fraction of sp³-hybridized carbons (Fsp3) is 0.500. The van der Waals surface area contributed by atoms with Gasteiger partial charge in [-0.3, -0.25) is 4.79 Å². The van der Waals surface area contributed by atoms with E-state index in [0.29, 0.717) is 12.3 Å². The van der Waals surface area contributed by atoms with Gasteiger partial charge in [-0.05, 0) is 66.5 Å². The molecule has 0 radical (unpaired) electrons. The Balaban J connectivity index is 1.91. The van der Waals surface area contributed by atoms with Gasteiger partial charge in [-0.25, -0.2) is 0 Å². The first-order valence-corrected chi connectivity index (χ1v) is 7.08. The average Bonchev–Trinajstić information content (AvgIpc) is 2.68. The molecule has 0 spiro atoms. The highest BCUT2D eigenvalue weighted by atomic mass is 79.9. The van der Waals surface area contributed by atoms with Crippen molar-refractivity contribution < 1.29 is 4.79 Å². The molecule has 1 unspecified atom stereocenters. The monoisotopic (exact) mass is 310 g/mol. The molecule has 1 aliphatic rings. The van der Waals surface area contributed by atoms with Crippen molar-refractivity contribution in [1.82, 2.24) is 4.90 Å². The third-order valence-electron chi connectivity index (χ3n) is 3.36. The van der Waals surface area contributed by atoms with Gasteiger partial charge in [-0.15, -0.1) is 0 Å². The zero-order chi connectivity index (χ0) is 13.1. The number of aryl methyl sites for hydroxylation is 1. The number of rotatable bonds is 3. The van der Waals surface area contributed by atoms with Crippen LogP contribution in [0.2, 0.25) is 0 Å². The maximum Gasteiger partial charge on any atom is 0.224 e. The van der Waals surface area contributed by atoms with Crippen LogP contribution in [0.5, 0.6) is 0 Å². The van der Waals surface area contributed by atoms with Crippen LogP contribution < -0.4 is 5.32 Å². The third kappa shape index (κ3) is 3.56. The number of carbonyl (C=O) groups is 1. The van der Waals surface area contributed by atoms with E-state index in [2.05, 4.69) is 33.2 Å². The van der Waals surface area contributed by atoms with Crippen LogP contribution in [0.15, 0.2) is 22.7 Å². The van der Waals surface area contributed by atoms with Gasteiger partial charge in [0.1, 0.15) is 0 Å². The van der Waals surface area contributed by atoms with E-state index in [9.17, 15) is 4.79 Å². The second-order valence-electron chi connectivity index (χ2n) is 5.15. The quantitative estimate of drug-likeness (QED) is 0.930. The van der Waals surface area contributed by atoms with E-state index in [-0.39, 0.29) is 5.91 Å². The first-order valence-electron chi connectivity index (χ1n) is 6.29. The van der Waals surface area contributed by atoms with E-state index in [0.717, 1.165) is 29.7 Å². The molecule has 0 saturated carbocycles. The number of likely N-dealkylation sites (tertiary alicyclic amines) is 1. The van der Waals surface area contributed by atoms with Crippen LogP contribution in [0.25, 0.3) is 0 Å². The normalized spacial score (nSPS) is 20.1. The maximum absolute atomic E-state index is 12.0. The van der Waals surface area contributed by atoms with Gasteiger partial charge in [0.25, 0.3) is 0 Å². The van der Waals surface area contributed by atoms with Gasteiger partial charge < -0.3 is 10.2 Å². The van der Waals surface area contributed by atoms with Crippen molar-refractivity contribution in [3.63, 3.8) is 0 Å². The summed E-state index contributed by atoms with van der Waals surface area (Å²) in [6.07, 6.45) is 1.74. The molecule has 4 heteroatoms. The number of amides is 1. The lowest BCUT2D eigenvalue weighted by molar-refractivity contribution is -0.117. The number of halogens is 1. The average molecular weight is 311 g/mol. The summed E-state index contributed by atoms with van der Waals surface area (Å²) in [6, 6.07) is 5.96. The molecule has 3 nitrogen and oxygen atoms in total. The summed E-state index contributed by atoms with van der Waals surface area (Å²) < 4.78 is 0.944. The molecule has 1 amide bonds. The Morgan fingerprint density at radius 2 is 2.33 bits per heavy atom. The number of hydrogen-bond donors (Lipinski definition) is 1. The minimum absolute atomic E-state index is 0.111. The Morgan fingerprint density at radius 1 is 1.56 bits per heavy atom. The largest absolute Gasteiger partial charge is 0.325 e. The highest BCUT2D eigenvalue weighted by Gasteiger charge is 2.22. The summed E-state index contributed by atoms with van der Waals surface area (Å²) in [7, 11) is 2.11. The molecule has 1 atom stereocenters. The molecule has 1 saturated heterocycles. The molecule has 1 aromatic carbocycles. The first kappa shape index (κ1) is 13.6. The molecule has 1 heterocycles. The fourth-order valence-corrected chi connectivity index (χ4v) is 2.97. The van der Waals surface area contributed by atoms with E-state index >= 15 is 0 Å². The second-order valence-corrected chi connectivity index (χ2v) is 6.01. The predicted molar refractivity (Wildman–Crippen MR) is 77.7 cm³/mol. The van der Waals surface area contributed by atoms with Crippen LogP contribution >= 0.6 is 15.9 Å². The summed E-state index contributed by atoms with van der Waals surface area (Å²) >= 11 is 3.47. The number of nitrogens with zero attached hydrogens (tertiary/aromatic N) is 1. The summed E-state index contributed by atoms with van der Waals surface area (Å²) in [5.41, 5.74) is 2.04. The molecular weight excluding hydrogens is 292 g/mol. The van der Waals surface area contributed by atoms with Crippen molar-refractivity contribution >= 4 is 27.5 Å². The first-order chi connectivity index (χ1) is 8.54. The minimum atomic E-state index is 0.111. The van der Waals surface area contributed by atoms with Crippen LogP contribution in [-0.2, 0) is 4.79 Å². The van der Waals surface area contributed by atoms with Gasteiger partial charge in [0.05, 0.1) is 5.69 Å². The van der Waals surface area contributed by atoms with Crippen LogP contribution in [-0.4, -0.2) is 30.9 Å². The van der Waals surface area contributed by atoms with Crippen molar-refractivity contribution in [2.45, 2.75) is 19.8 Å². The molecule has 1 fully saturated rings. The summed E-state index contributed by atoms with van der Waals surface area (Å²) in [4.78, 5) is 14.2. The molecule has 2 rings (SSSR count). The number of benzene rings is 1. The van der Waals surface area contributed by atoms with E-state index < -0.39 is 0 Å². The van der Waals surface area contributed by atoms with Gasteiger partial charge in [0, 0.05) is 17.4 Å². The summed E-state index contributed by atoms with van der Waals surface area (Å²) in [5, 5.41) is 2.97. The van der Waals surface area contributed by atoms with Crippen molar-refractivity contribution in [3.05, 3.63) is 28.2 Å². The number of hydrogen-bond acceptors (Lipinski definition) is 2. The number of carbonyl (C=O) groups excluding carboxylic acids is 1. The molecule has 1 aromatic rings. The van der Waals surface area contributed by atoms with Crippen LogP contribution in [0.4, 0.5) is 5.69 Å². The van der Waals surface area contributed by atoms with Crippen LogP contribution in [0.1, 0.15) is 18.4 Å². The van der Waals surface area contributed by atoms with Crippen molar-refractivity contribution in [3.8, 4) is 0 Å². The van der Waals surface area contributed by atoms with Crippen molar-refractivity contribution in [2.75, 3.05) is 25.5 Å². The highest BCUT2D eigenvalue weighted by Crippen LogP contribution is 2.24. The van der Waals surface area contributed by atoms with Gasteiger partial charge in [0.2, 0.25) is 5.91 Å². The third-order valence-corrected chi connectivity index (χ3v) is 4.02. The topological polar surface area (TPSA) is 32.3 Å². The lowest BCUT2D eigenvalue weighted by atomic mass is 10.0. The van der Waals surface area contributed by atoms with E-state index in [1.54, 1.807) is 0 Å². The molecular formula is C14H19BrN2O. The molecule has 0 aromatic heterocycles. The Labute approximate surface area is 117 Å². The van der Waals surface area contributed by atoms with E-state index in [4.69, 9.17) is 0 Å². The number of anilines is 1. The second kappa shape index (κ2) is 5.85. The molecule has 0 aliphatic carbocycles. The zero-order valence-electron chi connectivity index (χ0n) is 10.9. The summed E-state index contributed by atoms with van der Waals surface area (Å²) in [6.45, 7) is 4.17. The van der Waals surface area contributed by atoms with Gasteiger partial charge in [-0.2, -0.15) is 0 Å². The van der Waals surface area contributed by atoms with Gasteiger partial charge in [-0.1, -0.05) is 6.07 Å². The van der Waals surface area contributed by atoms with E-state index in [1.165, 1.54) is 5.56 Å². The summed E-state index contributed by atoms with van der Waals surface area (Å²) in [5.74, 6) is 0.610. The SMILES string of the molecule is Cc1ccc(NC(=O)CC2CCN(C)C2)c(Br)c1. The smallest absolute Gasteiger partial charge is 0.224 e. The Morgan fingerprint density at radius 3 is 2.94 bits per heavy atom. The van der Waals surface area contributed by atoms with Gasteiger partial charge >= 0.3 is 0 Å². The van der Waals surface area contributed by atoms with Gasteiger partial charge in [0.15, 0.2) is 0 Å². The zero-order valence-corrected chi connectivity index (χ0v) is 12.5. The van der Waals surface area contributed by atoms with E-state index in [1.807, 2.05) is 25.1 Å². The van der Waals surface area contributed by atoms with Crippen LogP contribution in [0.3, 0.4) is 0 Å². The molecule has 18 heavy (non-hydrogen) atoms. The molecule has 1 aliphatic heterocycles. The minimum Gasteiger partial charge on any atom is -0.325 e. The lowest BCUT2D eigenvalue weighted by Crippen LogP contribution is -2.19. The fourth-order valence-electron chi connectivity index (χ4n) is 2.38. The molecule has 0 bridgehead atoms. The predicted octanol–water partition coefficient (Wildman–Crippen LogP) is 3.04. The van der Waals surface area contributed by atoms with Crippen molar-refractivity contribution in [1.29, 1.82) is 0 Å². The standard InChI is InChI=1S/C14H19BrN2O/c1-10-3-4-13(12(15)7-10)16-14(18)8-11-5-6-17(2)9-11/h3-4,7,11H,5-6,8-9H2,1-2H3,(H,16,18). The Kier molecular flexibility index (Phi) is 4.40. The number of nitrogens with one attached hydrogen (secondary N) is 1. The van der Waals surface area contributed by atoms with Crippen molar-refractivity contribution in [2.24, 2.45) is 5.92 Å². The van der Waals surface area contributed by atoms with Crippen LogP contribution in [0, 0.1) is 12.8 Å². The molecule has 98 valence electrons. The molecule has 1 N–H and O–H groups in total. The lowest BCUT2D eigenvalue weighted by Gasteiger charge is -2.12.